The summed E-state index contributed by atoms with van der Waals surface area (Å²) < 4.78 is 12.3. The number of ether oxygens (including phenoxy) is 2. The van der Waals surface area contributed by atoms with Crippen LogP contribution in [-0.2, 0) is 4.74 Å². The molecule has 2 aromatic heterocycles. The molecule has 4 unspecified atom stereocenters. The smallest absolute Gasteiger partial charge is 0.181 e. The van der Waals surface area contributed by atoms with Crippen molar-refractivity contribution in [3.8, 4) is 5.75 Å². The van der Waals surface area contributed by atoms with Gasteiger partial charge in [0.2, 0.25) is 0 Å². The van der Waals surface area contributed by atoms with E-state index < -0.39 is 31.1 Å². The maximum absolute atomic E-state index is 10.3. The minimum atomic E-state index is -1.22. The van der Waals surface area contributed by atoms with Crippen LogP contribution in [0.5, 0.6) is 5.75 Å². The Morgan fingerprint density at radius 1 is 1.23 bits per heavy atom. The van der Waals surface area contributed by atoms with E-state index in [4.69, 9.17) is 9.47 Å². The summed E-state index contributed by atoms with van der Waals surface area (Å²) in [6, 6.07) is 7.77. The van der Waals surface area contributed by atoms with Gasteiger partial charge in [0.1, 0.15) is 35.4 Å². The summed E-state index contributed by atoms with van der Waals surface area (Å²) in [5, 5.41) is 35.3. The van der Waals surface area contributed by atoms with Gasteiger partial charge in [0.05, 0.1) is 25.3 Å². The second kappa shape index (κ2) is 9.11. The van der Waals surface area contributed by atoms with Crippen LogP contribution in [0, 0.1) is 0 Å². The summed E-state index contributed by atoms with van der Waals surface area (Å²) in [6.07, 6.45) is 2.81. The summed E-state index contributed by atoms with van der Waals surface area (Å²) >= 11 is 1.52. The second-order valence-corrected chi connectivity index (χ2v) is 7.70. The molecule has 1 saturated heterocycles. The molecule has 4 atom stereocenters. The van der Waals surface area contributed by atoms with Crippen molar-refractivity contribution in [3.63, 3.8) is 0 Å². The zero-order valence-corrected chi connectivity index (χ0v) is 17.0. The van der Waals surface area contributed by atoms with Crippen LogP contribution in [0.25, 0.3) is 17.1 Å². The Morgan fingerprint density at radius 3 is 2.83 bits per heavy atom. The third kappa shape index (κ3) is 3.92. The molecule has 3 N–H and O–H groups in total. The van der Waals surface area contributed by atoms with Crippen LogP contribution < -0.4 is 4.74 Å². The van der Waals surface area contributed by atoms with Gasteiger partial charge in [0, 0.05) is 11.3 Å². The number of aromatic nitrogens is 4. The number of nitrogens with zero attached hydrogens (tertiary/aromatic N) is 4. The third-order valence-electron chi connectivity index (χ3n) is 4.87. The zero-order valence-electron chi connectivity index (χ0n) is 16.2. The van der Waals surface area contributed by atoms with E-state index in [1.165, 1.54) is 22.8 Å². The molecule has 1 aliphatic rings. The Bertz CT molecular complexity index is 1040. The van der Waals surface area contributed by atoms with E-state index in [0.717, 1.165) is 16.3 Å². The van der Waals surface area contributed by atoms with Crippen molar-refractivity contribution >= 4 is 28.9 Å². The Kier molecular flexibility index (Phi) is 6.30. The maximum Gasteiger partial charge on any atom is 0.181 e. The van der Waals surface area contributed by atoms with Gasteiger partial charge in [-0.15, -0.1) is 11.8 Å². The molecule has 4 rings (SSSR count). The summed E-state index contributed by atoms with van der Waals surface area (Å²) in [7, 11) is 1.64. The first kappa shape index (κ1) is 20.8. The predicted octanol–water partition coefficient (Wildman–Crippen LogP) is 1.25. The molecule has 1 fully saturated rings. The number of aliphatic hydroxyl groups is 3. The van der Waals surface area contributed by atoms with E-state index in [0.29, 0.717) is 16.8 Å². The Labute approximate surface area is 177 Å². The number of para-hydroxylation sites is 1. The highest BCUT2D eigenvalue weighted by Crippen LogP contribution is 2.32. The first-order valence-electron chi connectivity index (χ1n) is 9.37. The molecule has 0 amide bonds. The summed E-state index contributed by atoms with van der Waals surface area (Å²) in [6.45, 7) is -0.400. The number of rotatable bonds is 7. The lowest BCUT2D eigenvalue weighted by Crippen LogP contribution is -2.33. The van der Waals surface area contributed by atoms with Crippen molar-refractivity contribution < 1.29 is 24.8 Å². The summed E-state index contributed by atoms with van der Waals surface area (Å²) in [4.78, 5) is 8.60. The molecule has 1 aromatic carbocycles. The van der Waals surface area contributed by atoms with Gasteiger partial charge in [-0.2, -0.15) is 5.10 Å². The van der Waals surface area contributed by atoms with E-state index in [1.807, 2.05) is 36.4 Å². The molecule has 9 nitrogen and oxygen atoms in total. The van der Waals surface area contributed by atoms with Gasteiger partial charge in [-0.25, -0.2) is 14.6 Å². The van der Waals surface area contributed by atoms with Crippen LogP contribution in [0.1, 0.15) is 11.8 Å². The largest absolute Gasteiger partial charge is 0.496 e. The van der Waals surface area contributed by atoms with Crippen molar-refractivity contribution in [1.82, 2.24) is 19.7 Å². The number of hydrogen-bond acceptors (Lipinski definition) is 9. The maximum atomic E-state index is 10.3. The standard InChI is InChI=1S/C20H22N4O5S/c1-28-14-7-3-2-5-12(14)6-4-8-30-19-13-9-23-24(18(13)21-11-22-19)20-17(27)16(26)15(10-25)29-20/h2-7,9,11,15-17,20,25-27H,8,10H2,1H3/b6-4+. The fraction of sp³-hybridized carbons (Fsp3) is 0.350. The van der Waals surface area contributed by atoms with Crippen LogP contribution in [0.4, 0.5) is 0 Å². The van der Waals surface area contributed by atoms with Gasteiger partial charge in [-0.3, -0.25) is 0 Å². The molecule has 158 valence electrons. The molecular weight excluding hydrogens is 408 g/mol. The summed E-state index contributed by atoms with van der Waals surface area (Å²) in [5.41, 5.74) is 1.47. The fourth-order valence-corrected chi connectivity index (χ4v) is 4.10. The van der Waals surface area contributed by atoms with Crippen molar-refractivity contribution in [3.05, 3.63) is 48.4 Å². The monoisotopic (exact) mass is 430 g/mol. The average molecular weight is 430 g/mol. The van der Waals surface area contributed by atoms with Crippen molar-refractivity contribution in [2.75, 3.05) is 19.5 Å². The molecule has 0 spiro atoms. The first-order valence-corrected chi connectivity index (χ1v) is 10.4. The lowest BCUT2D eigenvalue weighted by atomic mass is 10.1. The molecule has 1 aliphatic heterocycles. The molecule has 10 heteroatoms. The molecule has 0 bridgehead atoms. The van der Waals surface area contributed by atoms with Crippen molar-refractivity contribution in [2.45, 2.75) is 29.6 Å². The van der Waals surface area contributed by atoms with Gasteiger partial charge in [-0.05, 0) is 6.07 Å². The quantitative estimate of drug-likeness (QED) is 0.375. The van der Waals surface area contributed by atoms with Gasteiger partial charge < -0.3 is 24.8 Å². The van der Waals surface area contributed by atoms with E-state index in [2.05, 4.69) is 15.1 Å². The molecule has 0 saturated carbocycles. The molecule has 0 aliphatic carbocycles. The lowest BCUT2D eigenvalue weighted by molar-refractivity contribution is -0.0566. The van der Waals surface area contributed by atoms with Crippen LogP contribution in [0.15, 0.2) is 47.9 Å². The topological polar surface area (TPSA) is 123 Å². The predicted molar refractivity (Wildman–Crippen MR) is 111 cm³/mol. The van der Waals surface area contributed by atoms with Crippen LogP contribution >= 0.6 is 11.8 Å². The second-order valence-electron chi connectivity index (χ2n) is 6.69. The first-order chi connectivity index (χ1) is 14.6. The Morgan fingerprint density at radius 2 is 2.07 bits per heavy atom. The molecule has 0 radical (unpaired) electrons. The number of hydrogen-bond donors (Lipinski definition) is 3. The van der Waals surface area contributed by atoms with Crippen LogP contribution in [-0.4, -0.2) is 72.8 Å². The zero-order chi connectivity index (χ0) is 21.1. The molecule has 3 heterocycles. The third-order valence-corrected chi connectivity index (χ3v) is 5.82. The van der Waals surface area contributed by atoms with E-state index in [-0.39, 0.29) is 0 Å². The highest BCUT2D eigenvalue weighted by atomic mass is 32.2. The molecule has 30 heavy (non-hydrogen) atoms. The van der Waals surface area contributed by atoms with Gasteiger partial charge in [0.15, 0.2) is 11.9 Å². The van der Waals surface area contributed by atoms with Gasteiger partial charge in [0.25, 0.3) is 0 Å². The lowest BCUT2D eigenvalue weighted by Gasteiger charge is -2.15. The Hall–Kier alpha value is -2.50. The highest BCUT2D eigenvalue weighted by molar-refractivity contribution is 7.99. The van der Waals surface area contributed by atoms with Gasteiger partial charge in [-0.1, -0.05) is 30.4 Å². The number of benzene rings is 1. The molecule has 3 aromatic rings. The highest BCUT2D eigenvalue weighted by Gasteiger charge is 2.44. The number of aliphatic hydroxyl groups excluding tert-OH is 3. The van der Waals surface area contributed by atoms with E-state index in [9.17, 15) is 15.3 Å². The van der Waals surface area contributed by atoms with Crippen LogP contribution in [0.3, 0.4) is 0 Å². The van der Waals surface area contributed by atoms with Crippen molar-refractivity contribution in [2.24, 2.45) is 0 Å². The SMILES string of the molecule is COc1ccccc1/C=C/CSc1ncnc2c1cnn2C1OC(CO)C(O)C1O. The van der Waals surface area contributed by atoms with E-state index >= 15 is 0 Å². The number of methoxy groups -OCH3 is 1. The summed E-state index contributed by atoms with van der Waals surface area (Å²) in [5.74, 6) is 1.48. The fourth-order valence-electron chi connectivity index (χ4n) is 3.33. The minimum Gasteiger partial charge on any atom is -0.496 e. The average Bonchev–Trinajstić information content (AvgIpc) is 3.33. The minimum absolute atomic E-state index is 0.400. The number of fused-ring (bicyclic) bond motifs is 1. The normalized spacial score (nSPS) is 24.1. The number of thioether (sulfide) groups is 1. The Balaban J connectivity index is 1.51. The van der Waals surface area contributed by atoms with E-state index in [1.54, 1.807) is 13.3 Å². The van der Waals surface area contributed by atoms with Gasteiger partial charge >= 0.3 is 0 Å². The van der Waals surface area contributed by atoms with Crippen LogP contribution in [0.2, 0.25) is 0 Å². The van der Waals surface area contributed by atoms with Crippen molar-refractivity contribution in [1.29, 1.82) is 0 Å². The molecular formula is C20H22N4O5S.